The Kier molecular flexibility index (Phi) is 6.14. The second-order valence-corrected chi connectivity index (χ2v) is 9.23. The Balaban J connectivity index is 0.00000231. The molecule has 5 rings (SSSR count). The molecule has 2 bridgehead atoms. The molecule has 2 fully saturated rings. The van der Waals surface area contributed by atoms with Gasteiger partial charge in [0.15, 0.2) is 0 Å². The molecule has 1 N–H and O–H groups in total. The lowest BCUT2D eigenvalue weighted by molar-refractivity contribution is 0.0740. The first-order valence-corrected chi connectivity index (χ1v) is 11.3. The second kappa shape index (κ2) is 8.68. The van der Waals surface area contributed by atoms with Gasteiger partial charge >= 0.3 is 0 Å². The van der Waals surface area contributed by atoms with Crippen LogP contribution >= 0.6 is 12.4 Å². The average Bonchev–Trinajstić information content (AvgIpc) is 3.20. The van der Waals surface area contributed by atoms with Gasteiger partial charge in [0.25, 0.3) is 5.91 Å². The zero-order chi connectivity index (χ0) is 20.8. The summed E-state index contributed by atoms with van der Waals surface area (Å²) in [6.45, 7) is 4.60. The minimum atomic E-state index is 0. The van der Waals surface area contributed by atoms with Crippen LogP contribution in [0.4, 0.5) is 0 Å². The van der Waals surface area contributed by atoms with E-state index in [9.17, 15) is 4.79 Å². The number of carbonyl (C=O) groups excluding carboxylic acids is 1. The predicted octanol–water partition coefficient (Wildman–Crippen LogP) is 5.40. The van der Waals surface area contributed by atoms with Gasteiger partial charge in [-0.1, -0.05) is 48.5 Å². The van der Waals surface area contributed by atoms with Gasteiger partial charge in [-0.3, -0.25) is 9.69 Å². The molecule has 1 aromatic heterocycles. The minimum Gasteiger partial charge on any atom is -0.349 e. The fourth-order valence-corrected chi connectivity index (χ4v) is 5.99. The van der Waals surface area contributed by atoms with Gasteiger partial charge in [0.2, 0.25) is 0 Å². The SMILES string of the molecule is CC(C)N1[C@@H]2CC[C@H]1CC(NC(=O)c1c(-c3ccccc3)n(C)c3ccccc13)C2.Cl. The van der Waals surface area contributed by atoms with Crippen LogP contribution in [0.15, 0.2) is 54.6 Å². The van der Waals surface area contributed by atoms with Crippen LogP contribution in [0.25, 0.3) is 22.2 Å². The Morgan fingerprint density at radius 2 is 1.58 bits per heavy atom. The van der Waals surface area contributed by atoms with E-state index in [0.717, 1.165) is 40.6 Å². The molecule has 3 heterocycles. The number of aromatic nitrogens is 1. The van der Waals surface area contributed by atoms with E-state index < -0.39 is 0 Å². The molecule has 3 aromatic rings. The summed E-state index contributed by atoms with van der Waals surface area (Å²) in [5.74, 6) is 0.0630. The van der Waals surface area contributed by atoms with Gasteiger partial charge in [0.1, 0.15) is 0 Å². The molecule has 4 nitrogen and oxygen atoms in total. The van der Waals surface area contributed by atoms with Crippen LogP contribution in [0.1, 0.15) is 49.9 Å². The van der Waals surface area contributed by atoms with Crippen LogP contribution in [-0.2, 0) is 7.05 Å². The molecule has 2 aromatic carbocycles. The molecule has 3 atom stereocenters. The number of para-hydroxylation sites is 1. The highest BCUT2D eigenvalue weighted by Gasteiger charge is 2.42. The number of nitrogens with zero attached hydrogens (tertiary/aromatic N) is 2. The number of amides is 1. The van der Waals surface area contributed by atoms with E-state index in [-0.39, 0.29) is 24.4 Å². The second-order valence-electron chi connectivity index (χ2n) is 9.23. The Hall–Kier alpha value is -2.30. The third-order valence-electron chi connectivity index (χ3n) is 7.10. The fraction of sp³-hybridized carbons (Fsp3) is 0.423. The highest BCUT2D eigenvalue weighted by atomic mass is 35.5. The molecule has 0 saturated carbocycles. The van der Waals surface area contributed by atoms with Gasteiger partial charge in [0.05, 0.1) is 11.3 Å². The number of halogens is 1. The smallest absolute Gasteiger partial charge is 0.254 e. The van der Waals surface area contributed by atoms with Gasteiger partial charge in [-0.2, -0.15) is 0 Å². The summed E-state index contributed by atoms with van der Waals surface area (Å²) >= 11 is 0. The Morgan fingerprint density at radius 1 is 0.968 bits per heavy atom. The number of fused-ring (bicyclic) bond motifs is 3. The van der Waals surface area contributed by atoms with E-state index in [1.165, 1.54) is 12.8 Å². The lowest BCUT2D eigenvalue weighted by Crippen LogP contribution is -2.52. The van der Waals surface area contributed by atoms with E-state index in [1.54, 1.807) is 0 Å². The summed E-state index contributed by atoms with van der Waals surface area (Å²) in [6.07, 6.45) is 4.65. The van der Waals surface area contributed by atoms with Crippen molar-refractivity contribution in [2.45, 2.75) is 63.7 Å². The Morgan fingerprint density at radius 3 is 2.23 bits per heavy atom. The van der Waals surface area contributed by atoms with Crippen LogP contribution < -0.4 is 5.32 Å². The summed E-state index contributed by atoms with van der Waals surface area (Å²) < 4.78 is 2.16. The number of nitrogens with one attached hydrogen (secondary N) is 1. The molecule has 2 aliphatic rings. The maximum atomic E-state index is 13.6. The molecule has 5 heteroatoms. The average molecular weight is 438 g/mol. The zero-order valence-electron chi connectivity index (χ0n) is 18.5. The minimum absolute atomic E-state index is 0. The highest BCUT2D eigenvalue weighted by Crippen LogP contribution is 2.38. The fourth-order valence-electron chi connectivity index (χ4n) is 5.99. The van der Waals surface area contributed by atoms with Crippen molar-refractivity contribution in [3.63, 3.8) is 0 Å². The topological polar surface area (TPSA) is 37.3 Å². The van der Waals surface area contributed by atoms with E-state index in [2.05, 4.69) is 59.9 Å². The van der Waals surface area contributed by atoms with E-state index in [4.69, 9.17) is 0 Å². The Labute approximate surface area is 191 Å². The van der Waals surface area contributed by atoms with Crippen LogP contribution in [0, 0.1) is 0 Å². The van der Waals surface area contributed by atoms with Crippen molar-refractivity contribution in [2.75, 3.05) is 0 Å². The summed E-state index contributed by atoms with van der Waals surface area (Å²) in [6, 6.07) is 20.6. The summed E-state index contributed by atoms with van der Waals surface area (Å²) in [5, 5.41) is 4.46. The zero-order valence-corrected chi connectivity index (χ0v) is 19.4. The van der Waals surface area contributed by atoms with E-state index in [0.29, 0.717) is 18.1 Å². The molecular weight excluding hydrogens is 406 g/mol. The van der Waals surface area contributed by atoms with Gasteiger partial charge in [-0.05, 0) is 51.2 Å². The van der Waals surface area contributed by atoms with E-state index >= 15 is 0 Å². The molecule has 164 valence electrons. The summed E-state index contributed by atoms with van der Waals surface area (Å²) in [5.41, 5.74) is 3.97. The first kappa shape index (κ1) is 21.9. The van der Waals surface area contributed by atoms with Gasteiger partial charge in [-0.25, -0.2) is 0 Å². The quantitative estimate of drug-likeness (QED) is 0.593. The highest BCUT2D eigenvalue weighted by molar-refractivity contribution is 6.12. The number of hydrogen-bond donors (Lipinski definition) is 1. The molecule has 0 spiro atoms. The van der Waals surface area contributed by atoms with E-state index in [1.807, 2.05) is 30.3 Å². The molecule has 1 unspecified atom stereocenters. The predicted molar refractivity (Wildman–Crippen MR) is 130 cm³/mol. The maximum absolute atomic E-state index is 13.6. The number of carbonyl (C=O) groups is 1. The number of benzene rings is 2. The van der Waals surface area contributed by atoms with Crippen molar-refractivity contribution in [3.8, 4) is 11.3 Å². The van der Waals surface area contributed by atoms with Crippen LogP contribution in [0.3, 0.4) is 0 Å². The maximum Gasteiger partial charge on any atom is 0.254 e. The van der Waals surface area contributed by atoms with Crippen molar-refractivity contribution in [2.24, 2.45) is 7.05 Å². The molecule has 0 aliphatic carbocycles. The summed E-state index contributed by atoms with van der Waals surface area (Å²) in [7, 11) is 2.06. The number of rotatable bonds is 4. The van der Waals surface area contributed by atoms with Crippen molar-refractivity contribution < 1.29 is 4.79 Å². The summed E-state index contributed by atoms with van der Waals surface area (Å²) in [4.78, 5) is 16.3. The molecule has 1 amide bonds. The van der Waals surface area contributed by atoms with Crippen LogP contribution in [-0.4, -0.2) is 39.5 Å². The van der Waals surface area contributed by atoms with Crippen molar-refractivity contribution in [1.29, 1.82) is 0 Å². The van der Waals surface area contributed by atoms with Crippen LogP contribution in [0.2, 0.25) is 0 Å². The third kappa shape index (κ3) is 3.77. The first-order chi connectivity index (χ1) is 14.5. The normalized spacial score (nSPS) is 23.2. The lowest BCUT2D eigenvalue weighted by Gasteiger charge is -2.41. The van der Waals surface area contributed by atoms with Gasteiger partial charge in [0, 0.05) is 42.1 Å². The molecule has 2 aliphatic heterocycles. The van der Waals surface area contributed by atoms with Crippen molar-refractivity contribution in [1.82, 2.24) is 14.8 Å². The lowest BCUT2D eigenvalue weighted by atomic mass is 9.95. The molecule has 31 heavy (non-hydrogen) atoms. The van der Waals surface area contributed by atoms with Gasteiger partial charge in [-0.15, -0.1) is 12.4 Å². The van der Waals surface area contributed by atoms with Crippen LogP contribution in [0.5, 0.6) is 0 Å². The molecular formula is C26H32ClN3O. The third-order valence-corrected chi connectivity index (χ3v) is 7.10. The van der Waals surface area contributed by atoms with Crippen molar-refractivity contribution in [3.05, 3.63) is 60.2 Å². The first-order valence-electron chi connectivity index (χ1n) is 11.3. The number of piperidine rings is 1. The molecule has 0 radical (unpaired) electrons. The van der Waals surface area contributed by atoms with Crippen molar-refractivity contribution >= 4 is 29.2 Å². The number of hydrogen-bond acceptors (Lipinski definition) is 2. The number of aryl methyl sites for hydroxylation is 1. The molecule has 2 saturated heterocycles. The standard InChI is InChI=1S/C26H31N3O.ClH/c1-17(2)29-20-13-14-21(29)16-19(15-20)27-26(30)24-22-11-7-8-12-23(22)28(3)25(24)18-9-5-4-6-10-18;/h4-12,17,19-21H,13-16H2,1-3H3,(H,27,30);1H/t19?,20-,21+;. The Bertz CT molecular complexity index is 1060. The monoisotopic (exact) mass is 437 g/mol. The van der Waals surface area contributed by atoms with Gasteiger partial charge < -0.3 is 9.88 Å². The largest absolute Gasteiger partial charge is 0.349 e.